The second-order valence-corrected chi connectivity index (χ2v) is 8.91. The Morgan fingerprint density at radius 2 is 1.89 bits per heavy atom. The van der Waals surface area contributed by atoms with Crippen molar-refractivity contribution in [1.29, 1.82) is 0 Å². The molecule has 2 aromatic carbocycles. The Kier molecular flexibility index (Phi) is 4.07. The standard InChI is InChI=1S/C26H30N/c1-4-18-6-5-17(2)24(14-18)26-23-10-9-21(16-22(23)11-12-27(26)3)25-15-19-7-8-20(25)13-19/h5-6,9-12,14,16,19-20,25H,4,7-8,13,15H2,1-3H3/q+1. The van der Waals surface area contributed by atoms with Gasteiger partial charge in [0.2, 0.25) is 5.69 Å². The summed E-state index contributed by atoms with van der Waals surface area (Å²) in [5, 5.41) is 2.77. The summed E-state index contributed by atoms with van der Waals surface area (Å²) in [6, 6.07) is 16.5. The highest BCUT2D eigenvalue weighted by molar-refractivity contribution is 5.94. The molecule has 3 atom stereocenters. The van der Waals surface area contributed by atoms with Crippen LogP contribution in [0.25, 0.3) is 22.0 Å². The van der Waals surface area contributed by atoms with E-state index in [4.69, 9.17) is 0 Å². The second kappa shape index (κ2) is 6.48. The average molecular weight is 357 g/mol. The maximum absolute atomic E-state index is 2.49. The first-order valence-electron chi connectivity index (χ1n) is 10.7. The zero-order chi connectivity index (χ0) is 18.5. The van der Waals surface area contributed by atoms with Crippen LogP contribution >= 0.6 is 0 Å². The third kappa shape index (κ3) is 2.79. The van der Waals surface area contributed by atoms with Crippen molar-refractivity contribution >= 4 is 10.8 Å². The van der Waals surface area contributed by atoms with Crippen molar-refractivity contribution in [3.05, 3.63) is 65.4 Å². The summed E-state index contributed by atoms with van der Waals surface area (Å²) >= 11 is 0. The highest BCUT2D eigenvalue weighted by Gasteiger charge is 2.40. The Hall–Kier alpha value is -2.15. The first-order chi connectivity index (χ1) is 13.1. The van der Waals surface area contributed by atoms with Gasteiger partial charge in [-0.2, -0.15) is 0 Å². The molecule has 0 spiro atoms. The molecule has 2 saturated carbocycles. The van der Waals surface area contributed by atoms with Crippen LogP contribution in [0.3, 0.4) is 0 Å². The lowest BCUT2D eigenvalue weighted by atomic mass is 9.82. The molecule has 0 amide bonds. The first-order valence-corrected chi connectivity index (χ1v) is 10.7. The van der Waals surface area contributed by atoms with Crippen molar-refractivity contribution in [3.8, 4) is 11.3 Å². The molecule has 1 heteroatoms. The van der Waals surface area contributed by atoms with Gasteiger partial charge < -0.3 is 0 Å². The van der Waals surface area contributed by atoms with Crippen LogP contribution < -0.4 is 4.57 Å². The Morgan fingerprint density at radius 1 is 1.00 bits per heavy atom. The van der Waals surface area contributed by atoms with E-state index in [2.05, 4.69) is 74.1 Å². The summed E-state index contributed by atoms with van der Waals surface area (Å²) in [5.41, 5.74) is 7.06. The predicted molar refractivity (Wildman–Crippen MR) is 113 cm³/mol. The van der Waals surface area contributed by atoms with Gasteiger partial charge in [-0.25, -0.2) is 4.57 Å². The van der Waals surface area contributed by atoms with Crippen molar-refractivity contribution in [3.63, 3.8) is 0 Å². The maximum Gasteiger partial charge on any atom is 0.220 e. The Labute approximate surface area is 163 Å². The molecule has 0 saturated heterocycles. The smallest absolute Gasteiger partial charge is 0.200 e. The summed E-state index contributed by atoms with van der Waals surface area (Å²) in [5.74, 6) is 2.74. The normalized spacial score (nSPS) is 24.0. The Bertz CT molecular complexity index is 1020. The number of aryl methyl sites for hydroxylation is 3. The lowest BCUT2D eigenvalue weighted by molar-refractivity contribution is -0.659. The first kappa shape index (κ1) is 17.0. The van der Waals surface area contributed by atoms with Crippen molar-refractivity contribution < 1.29 is 4.57 Å². The molecule has 27 heavy (non-hydrogen) atoms. The van der Waals surface area contributed by atoms with Gasteiger partial charge in [-0.15, -0.1) is 0 Å². The minimum absolute atomic E-state index is 0.802. The van der Waals surface area contributed by atoms with Crippen LogP contribution in [0.15, 0.2) is 48.7 Å². The van der Waals surface area contributed by atoms with Crippen molar-refractivity contribution in [2.45, 2.75) is 51.9 Å². The number of pyridine rings is 1. The average Bonchev–Trinajstić information content (AvgIpc) is 3.32. The minimum atomic E-state index is 0.802. The van der Waals surface area contributed by atoms with E-state index in [-0.39, 0.29) is 0 Å². The van der Waals surface area contributed by atoms with Gasteiger partial charge in [-0.1, -0.05) is 37.6 Å². The van der Waals surface area contributed by atoms with E-state index < -0.39 is 0 Å². The van der Waals surface area contributed by atoms with Crippen molar-refractivity contribution in [2.24, 2.45) is 18.9 Å². The van der Waals surface area contributed by atoms with Gasteiger partial charge in [0.25, 0.3) is 0 Å². The van der Waals surface area contributed by atoms with E-state index in [0.717, 1.165) is 24.2 Å². The van der Waals surface area contributed by atoms with Crippen molar-refractivity contribution in [2.75, 3.05) is 0 Å². The largest absolute Gasteiger partial charge is 0.220 e. The zero-order valence-electron chi connectivity index (χ0n) is 16.8. The van der Waals surface area contributed by atoms with Crippen LogP contribution in [0, 0.1) is 18.8 Å². The molecule has 3 aromatic rings. The van der Waals surface area contributed by atoms with Gasteiger partial charge >= 0.3 is 0 Å². The minimum Gasteiger partial charge on any atom is -0.200 e. The number of rotatable bonds is 3. The molecule has 2 aliphatic rings. The summed E-state index contributed by atoms with van der Waals surface area (Å²) in [7, 11) is 2.18. The topological polar surface area (TPSA) is 3.88 Å². The Balaban J connectivity index is 1.64. The molecular weight excluding hydrogens is 326 g/mol. The SMILES string of the molecule is CCc1ccc(C)c(-c2c3ccc(C4CC5CCC4C5)cc3cc[n+]2C)c1. The lowest BCUT2D eigenvalue weighted by Gasteiger charge is -2.22. The summed E-state index contributed by atoms with van der Waals surface area (Å²) in [6.07, 6.45) is 9.13. The quantitative estimate of drug-likeness (QED) is 0.499. The van der Waals surface area contributed by atoms with E-state index in [9.17, 15) is 0 Å². The monoisotopic (exact) mass is 356 g/mol. The molecule has 1 heterocycles. The van der Waals surface area contributed by atoms with E-state index >= 15 is 0 Å². The molecule has 2 bridgehead atoms. The molecule has 0 aliphatic heterocycles. The molecule has 3 unspecified atom stereocenters. The molecular formula is C26H30N+. The maximum atomic E-state index is 2.49. The highest BCUT2D eigenvalue weighted by atomic mass is 14.9. The van der Waals surface area contributed by atoms with Crippen LogP contribution in [0.2, 0.25) is 0 Å². The molecule has 1 nitrogen and oxygen atoms in total. The van der Waals surface area contributed by atoms with E-state index in [1.165, 1.54) is 58.8 Å². The molecule has 0 radical (unpaired) electrons. The van der Waals surface area contributed by atoms with Crippen LogP contribution in [0.5, 0.6) is 0 Å². The van der Waals surface area contributed by atoms with Gasteiger partial charge in [-0.3, -0.25) is 0 Å². The van der Waals surface area contributed by atoms with E-state index in [1.54, 1.807) is 5.56 Å². The number of aromatic nitrogens is 1. The highest BCUT2D eigenvalue weighted by Crippen LogP contribution is 2.53. The third-order valence-electron chi connectivity index (χ3n) is 7.29. The van der Waals surface area contributed by atoms with E-state index in [0.29, 0.717) is 0 Å². The molecule has 1 aromatic heterocycles. The van der Waals surface area contributed by atoms with E-state index in [1.807, 2.05) is 0 Å². The Morgan fingerprint density at radius 3 is 2.63 bits per heavy atom. The third-order valence-corrected chi connectivity index (χ3v) is 7.29. The number of benzene rings is 2. The molecule has 2 fully saturated rings. The second-order valence-electron chi connectivity index (χ2n) is 8.91. The molecule has 5 rings (SSSR count). The summed E-state index contributed by atoms with van der Waals surface area (Å²) in [4.78, 5) is 0. The fraction of sp³-hybridized carbons (Fsp3) is 0.423. The zero-order valence-corrected chi connectivity index (χ0v) is 16.8. The summed E-state index contributed by atoms with van der Waals surface area (Å²) < 4.78 is 2.29. The molecule has 0 N–H and O–H groups in total. The molecule has 138 valence electrons. The van der Waals surface area contributed by atoms with Gasteiger partial charge in [0.15, 0.2) is 6.20 Å². The summed E-state index contributed by atoms with van der Waals surface area (Å²) in [6.45, 7) is 4.47. The number of hydrogen-bond donors (Lipinski definition) is 0. The fourth-order valence-electron chi connectivity index (χ4n) is 5.75. The van der Waals surface area contributed by atoms with Crippen molar-refractivity contribution in [1.82, 2.24) is 0 Å². The van der Waals surface area contributed by atoms with Gasteiger partial charge in [-0.05, 0) is 84.6 Å². The lowest BCUT2D eigenvalue weighted by Crippen LogP contribution is -2.30. The van der Waals surface area contributed by atoms with Crippen LogP contribution in [0.1, 0.15) is 55.2 Å². The van der Waals surface area contributed by atoms with Gasteiger partial charge in [0, 0.05) is 11.6 Å². The molecule has 2 aliphatic carbocycles. The van der Waals surface area contributed by atoms with Crippen LogP contribution in [-0.4, -0.2) is 0 Å². The number of fused-ring (bicyclic) bond motifs is 3. The number of hydrogen-bond acceptors (Lipinski definition) is 0. The van der Waals surface area contributed by atoms with Gasteiger partial charge in [0.1, 0.15) is 7.05 Å². The van der Waals surface area contributed by atoms with Gasteiger partial charge in [0.05, 0.1) is 5.39 Å². The fourth-order valence-corrected chi connectivity index (χ4v) is 5.75. The van der Waals surface area contributed by atoms with Crippen LogP contribution in [-0.2, 0) is 13.5 Å². The predicted octanol–water partition coefficient (Wildman–Crippen LogP) is 6.11. The van der Waals surface area contributed by atoms with Crippen LogP contribution in [0.4, 0.5) is 0 Å². The number of nitrogens with zero attached hydrogens (tertiary/aromatic N) is 1.